The van der Waals surface area contributed by atoms with E-state index in [0.29, 0.717) is 0 Å². The van der Waals surface area contributed by atoms with Gasteiger partial charge >= 0.3 is 12.1 Å². The normalized spacial score (nSPS) is 12.8. The van der Waals surface area contributed by atoms with Crippen LogP contribution >= 0.6 is 0 Å². The molecule has 7 nitrogen and oxygen atoms in total. The number of nitrogens with zero attached hydrogens (tertiary/aromatic N) is 3. The van der Waals surface area contributed by atoms with Crippen molar-refractivity contribution in [3.05, 3.63) is 30.7 Å². The summed E-state index contributed by atoms with van der Waals surface area (Å²) in [6.45, 7) is -0.628. The summed E-state index contributed by atoms with van der Waals surface area (Å²) < 4.78 is 95.1. The zero-order valence-corrected chi connectivity index (χ0v) is 14.4. The first-order chi connectivity index (χ1) is 12.5. The molecule has 0 aromatic carbocycles. The molecule has 0 N–H and O–H groups in total. The minimum Gasteiger partial charge on any atom is -0.470 e. The van der Waals surface area contributed by atoms with Gasteiger partial charge in [-0.15, -0.1) is 0 Å². The summed E-state index contributed by atoms with van der Waals surface area (Å²) in [6, 6.07) is 2.56. The molecule has 2 aromatic rings. The number of ether oxygens (including phenoxy) is 1. The number of pyridine rings is 1. The Bertz CT molecular complexity index is 888. The van der Waals surface area contributed by atoms with Gasteiger partial charge in [-0.3, -0.25) is 9.17 Å². The first-order valence-corrected chi connectivity index (χ1v) is 8.63. The molecule has 0 aliphatic rings. The van der Waals surface area contributed by atoms with Crippen LogP contribution in [0.5, 0.6) is 5.88 Å². The van der Waals surface area contributed by atoms with Crippen molar-refractivity contribution < 1.29 is 39.3 Å². The van der Waals surface area contributed by atoms with Crippen LogP contribution in [0.3, 0.4) is 0 Å². The fourth-order valence-corrected chi connectivity index (χ4v) is 2.84. The van der Waals surface area contributed by atoms with Crippen molar-refractivity contribution >= 4 is 10.1 Å². The molecule has 0 saturated heterocycles. The molecule has 0 saturated carbocycles. The maximum atomic E-state index is 12.8. The maximum Gasteiger partial charge on any atom is 0.456 e. The molecule has 0 atom stereocenters. The highest BCUT2D eigenvalue weighted by molar-refractivity contribution is 7.86. The Morgan fingerprint density at radius 2 is 1.78 bits per heavy atom. The molecular weight excluding hydrogens is 401 g/mol. The van der Waals surface area contributed by atoms with Gasteiger partial charge in [0.25, 0.3) is 10.1 Å². The summed E-state index contributed by atoms with van der Waals surface area (Å²) >= 11 is 0. The second-order valence-electron chi connectivity index (χ2n) is 4.94. The smallest absolute Gasteiger partial charge is 0.456 e. The Labute approximate surface area is 150 Å². The molecule has 27 heavy (non-hydrogen) atoms. The highest BCUT2D eigenvalue weighted by Gasteiger charge is 2.58. The summed E-state index contributed by atoms with van der Waals surface area (Å²) in [5.74, 6) is -5.67. The van der Waals surface area contributed by atoms with E-state index in [1.54, 1.807) is 0 Å². The molecule has 0 aliphatic heterocycles. The van der Waals surface area contributed by atoms with E-state index in [0.717, 1.165) is 12.4 Å². The molecule has 0 radical (unpaired) electrons. The van der Waals surface area contributed by atoms with Crippen molar-refractivity contribution in [1.82, 2.24) is 15.0 Å². The van der Waals surface area contributed by atoms with Gasteiger partial charge in [-0.1, -0.05) is 0 Å². The van der Waals surface area contributed by atoms with E-state index in [-0.39, 0.29) is 22.9 Å². The van der Waals surface area contributed by atoms with E-state index in [9.17, 15) is 30.4 Å². The molecule has 2 rings (SSSR count). The van der Waals surface area contributed by atoms with Crippen LogP contribution in [-0.4, -0.2) is 48.7 Å². The molecular formula is C14H12F5N3O4S. The van der Waals surface area contributed by atoms with Crippen LogP contribution < -0.4 is 4.74 Å². The first-order valence-electron chi connectivity index (χ1n) is 7.22. The van der Waals surface area contributed by atoms with Crippen molar-refractivity contribution in [1.29, 1.82) is 0 Å². The molecule has 0 spiro atoms. The minimum atomic E-state index is -5.77. The van der Waals surface area contributed by atoms with Crippen LogP contribution in [0.2, 0.25) is 0 Å². The maximum absolute atomic E-state index is 12.8. The summed E-state index contributed by atoms with van der Waals surface area (Å²) in [5.41, 5.74) is -0.213. The lowest BCUT2D eigenvalue weighted by atomic mass is 10.3. The number of alkyl halides is 5. The third-order valence-corrected chi connectivity index (χ3v) is 4.41. The van der Waals surface area contributed by atoms with E-state index in [1.165, 1.54) is 25.3 Å². The molecule has 0 amide bonds. The molecule has 2 aromatic heterocycles. The van der Waals surface area contributed by atoms with Gasteiger partial charge in [-0.2, -0.15) is 30.4 Å². The number of halogens is 5. The molecule has 13 heteroatoms. The topological polar surface area (TPSA) is 91.3 Å². The van der Waals surface area contributed by atoms with Crippen LogP contribution in [0.1, 0.15) is 6.92 Å². The number of aromatic nitrogens is 3. The first kappa shape index (κ1) is 20.9. The molecule has 0 fully saturated rings. The number of hydrogen-bond donors (Lipinski definition) is 0. The monoisotopic (exact) mass is 413 g/mol. The standard InChI is InChI=1S/C14H12F5N3O4S/c1-2-26-27(23,24)10-4-3-5-20-12(10)9-6-22-11(7-21-9)25-8-13(15,16)14(17,18)19/h3-7H,2,8H2,1H3. The summed E-state index contributed by atoms with van der Waals surface area (Å²) in [7, 11) is -4.13. The SMILES string of the molecule is CCOS(=O)(=O)c1cccnc1-c1cnc(OCC(F)(F)C(F)(F)F)cn1. The average Bonchev–Trinajstić information content (AvgIpc) is 2.59. The second-order valence-corrected chi connectivity index (χ2v) is 6.53. The number of rotatable bonds is 7. The largest absolute Gasteiger partial charge is 0.470 e. The highest BCUT2D eigenvalue weighted by atomic mass is 32.2. The highest BCUT2D eigenvalue weighted by Crippen LogP contribution is 2.35. The van der Waals surface area contributed by atoms with Gasteiger partial charge in [-0.25, -0.2) is 9.97 Å². The molecule has 2 heterocycles. The van der Waals surface area contributed by atoms with Crippen molar-refractivity contribution in [2.45, 2.75) is 23.9 Å². The minimum absolute atomic E-state index is 0.0798. The Kier molecular flexibility index (Phi) is 5.94. The Morgan fingerprint density at radius 3 is 2.33 bits per heavy atom. The van der Waals surface area contributed by atoms with Gasteiger partial charge in [0.2, 0.25) is 5.88 Å². The van der Waals surface area contributed by atoms with E-state index in [4.69, 9.17) is 0 Å². The van der Waals surface area contributed by atoms with Crippen molar-refractivity contribution in [2.24, 2.45) is 0 Å². The van der Waals surface area contributed by atoms with Crippen molar-refractivity contribution in [3.8, 4) is 17.3 Å². The molecule has 0 unspecified atom stereocenters. The van der Waals surface area contributed by atoms with Crippen LogP contribution in [0.25, 0.3) is 11.4 Å². The lowest BCUT2D eigenvalue weighted by Crippen LogP contribution is -2.41. The fraction of sp³-hybridized carbons (Fsp3) is 0.357. The lowest BCUT2D eigenvalue weighted by molar-refractivity contribution is -0.290. The van der Waals surface area contributed by atoms with Gasteiger partial charge in [0.1, 0.15) is 16.3 Å². The van der Waals surface area contributed by atoms with Gasteiger partial charge < -0.3 is 4.74 Å². The summed E-state index contributed by atoms with van der Waals surface area (Å²) in [6.07, 6.45) is -2.80. The summed E-state index contributed by atoms with van der Waals surface area (Å²) in [5, 5.41) is 0. The van der Waals surface area contributed by atoms with Gasteiger partial charge in [0, 0.05) is 6.20 Å². The van der Waals surface area contributed by atoms with Gasteiger partial charge in [0.15, 0.2) is 6.61 Å². The average molecular weight is 413 g/mol. The quantitative estimate of drug-likeness (QED) is 0.509. The Morgan fingerprint density at radius 1 is 1.07 bits per heavy atom. The van der Waals surface area contributed by atoms with Crippen LogP contribution in [-0.2, 0) is 14.3 Å². The third-order valence-electron chi connectivity index (χ3n) is 3.00. The Hall–Kier alpha value is -2.41. The predicted molar refractivity (Wildman–Crippen MR) is 80.6 cm³/mol. The van der Waals surface area contributed by atoms with Gasteiger partial charge in [0.05, 0.1) is 19.0 Å². The third kappa shape index (κ3) is 4.86. The van der Waals surface area contributed by atoms with E-state index < -0.39 is 34.7 Å². The second kappa shape index (κ2) is 7.68. The van der Waals surface area contributed by atoms with E-state index in [2.05, 4.69) is 23.9 Å². The summed E-state index contributed by atoms with van der Waals surface area (Å²) in [4.78, 5) is 10.9. The lowest BCUT2D eigenvalue weighted by Gasteiger charge is -2.19. The Balaban J connectivity index is 2.24. The molecule has 0 aliphatic carbocycles. The zero-order valence-electron chi connectivity index (χ0n) is 13.6. The van der Waals surface area contributed by atoms with Crippen molar-refractivity contribution in [2.75, 3.05) is 13.2 Å². The fourth-order valence-electron chi connectivity index (χ4n) is 1.76. The zero-order chi connectivity index (χ0) is 20.3. The van der Waals surface area contributed by atoms with Crippen LogP contribution in [0.4, 0.5) is 22.0 Å². The van der Waals surface area contributed by atoms with Crippen LogP contribution in [0, 0.1) is 0 Å². The van der Waals surface area contributed by atoms with Crippen LogP contribution in [0.15, 0.2) is 35.6 Å². The molecule has 0 bridgehead atoms. The van der Waals surface area contributed by atoms with Crippen molar-refractivity contribution in [3.63, 3.8) is 0 Å². The van der Waals surface area contributed by atoms with E-state index >= 15 is 0 Å². The van der Waals surface area contributed by atoms with Gasteiger partial charge in [-0.05, 0) is 19.1 Å². The molecule has 148 valence electrons. The predicted octanol–water partition coefficient (Wildman–Crippen LogP) is 2.84. The van der Waals surface area contributed by atoms with E-state index in [1.807, 2.05) is 0 Å². The number of hydrogen-bond acceptors (Lipinski definition) is 7.